The highest BCUT2D eigenvalue weighted by molar-refractivity contribution is 5.95. The van der Waals surface area contributed by atoms with Crippen molar-refractivity contribution in [2.45, 2.75) is 80.2 Å². The molecule has 3 heteroatoms. The molecule has 0 saturated carbocycles. The van der Waals surface area contributed by atoms with Gasteiger partial charge in [-0.05, 0) is 56.4 Å². The van der Waals surface area contributed by atoms with Gasteiger partial charge in [0.05, 0.1) is 6.04 Å². The van der Waals surface area contributed by atoms with Gasteiger partial charge in [0.15, 0.2) is 0 Å². The number of rotatable bonds is 4. The summed E-state index contributed by atoms with van der Waals surface area (Å²) >= 11 is 0. The Morgan fingerprint density at radius 1 is 1.27 bits per heavy atom. The molecule has 0 radical (unpaired) electrons. The van der Waals surface area contributed by atoms with E-state index in [1.54, 1.807) is 7.05 Å². The van der Waals surface area contributed by atoms with Crippen LogP contribution < -0.4 is 5.32 Å². The molecule has 2 heterocycles. The van der Waals surface area contributed by atoms with Crippen molar-refractivity contribution in [1.29, 1.82) is 0 Å². The van der Waals surface area contributed by atoms with Gasteiger partial charge in [0.2, 0.25) is 0 Å². The minimum absolute atomic E-state index is 0.329. The molecule has 0 bridgehead atoms. The monoisotopic (exact) mass is 357 g/mol. The Hall–Kier alpha value is -1.79. The summed E-state index contributed by atoms with van der Waals surface area (Å²) in [4.78, 5) is 7.75. The fourth-order valence-electron chi connectivity index (χ4n) is 2.94. The zero-order valence-corrected chi connectivity index (χ0v) is 18.2. The van der Waals surface area contributed by atoms with E-state index in [1.807, 2.05) is 33.9 Å². The van der Waals surface area contributed by atoms with E-state index in [0.29, 0.717) is 6.04 Å². The van der Waals surface area contributed by atoms with Crippen molar-refractivity contribution in [1.82, 2.24) is 10.3 Å². The van der Waals surface area contributed by atoms with Gasteiger partial charge in [0.1, 0.15) is 0 Å². The second-order valence-corrected chi connectivity index (χ2v) is 5.75. The van der Waals surface area contributed by atoms with E-state index in [0.717, 1.165) is 31.4 Å². The van der Waals surface area contributed by atoms with Gasteiger partial charge in [-0.1, -0.05) is 53.4 Å². The van der Waals surface area contributed by atoms with Crippen molar-refractivity contribution in [3.63, 3.8) is 0 Å². The molecule has 1 fully saturated rings. The predicted octanol–water partition coefficient (Wildman–Crippen LogP) is 5.56. The number of aryl methyl sites for hydroxylation is 2. The van der Waals surface area contributed by atoms with Gasteiger partial charge in [-0.15, -0.1) is 0 Å². The number of aromatic amines is 1. The van der Waals surface area contributed by atoms with Crippen LogP contribution in [0.2, 0.25) is 0 Å². The topological polar surface area (TPSA) is 40.2 Å². The summed E-state index contributed by atoms with van der Waals surface area (Å²) in [5, 5.41) is 3.42. The molecule has 0 amide bonds. The maximum Gasteiger partial charge on any atom is 0.0693 e. The quantitative estimate of drug-likeness (QED) is 0.537. The second-order valence-electron chi connectivity index (χ2n) is 5.75. The first-order valence-electron chi connectivity index (χ1n) is 10.3. The van der Waals surface area contributed by atoms with Gasteiger partial charge < -0.3 is 10.3 Å². The third-order valence-corrected chi connectivity index (χ3v) is 4.18. The third kappa shape index (κ3) is 7.22. The van der Waals surface area contributed by atoms with E-state index < -0.39 is 0 Å². The Morgan fingerprint density at radius 3 is 2.42 bits per heavy atom. The molecule has 1 aromatic rings. The predicted molar refractivity (Wildman–Crippen MR) is 118 cm³/mol. The summed E-state index contributed by atoms with van der Waals surface area (Å²) in [5.74, 6) is 6.72. The van der Waals surface area contributed by atoms with E-state index in [1.165, 1.54) is 28.9 Å². The maximum atomic E-state index is 4.21. The maximum absolute atomic E-state index is 4.21. The van der Waals surface area contributed by atoms with E-state index in [9.17, 15) is 0 Å². The standard InChI is InChI=1S/C19H27N3.2C2H6/c1-5-17(19-12-14(3)18(6-2)22-19)15(13-20-4)9-10-16-8-7-11-21-16;2*1-2/h12-13,16,21-22H,5-8,11H2,1-4H3;2*1-2H3/b17-15+,20-13?;;. The first kappa shape index (κ1) is 24.2. The first-order valence-corrected chi connectivity index (χ1v) is 10.3. The van der Waals surface area contributed by atoms with E-state index >= 15 is 0 Å². The zero-order valence-electron chi connectivity index (χ0n) is 18.2. The summed E-state index contributed by atoms with van der Waals surface area (Å²) < 4.78 is 0. The van der Waals surface area contributed by atoms with Crippen LogP contribution in [0.4, 0.5) is 0 Å². The summed E-state index contributed by atoms with van der Waals surface area (Å²) in [5.41, 5.74) is 6.09. The van der Waals surface area contributed by atoms with Gasteiger partial charge in [0, 0.05) is 30.2 Å². The lowest BCUT2D eigenvalue weighted by Crippen LogP contribution is -2.18. The molecule has 1 aliphatic rings. The number of hydrogen-bond acceptors (Lipinski definition) is 2. The molecule has 1 unspecified atom stereocenters. The van der Waals surface area contributed by atoms with Crippen LogP contribution in [0.1, 0.15) is 77.8 Å². The van der Waals surface area contributed by atoms with Crippen LogP contribution in [-0.2, 0) is 6.42 Å². The Bertz CT molecular complexity index is 618. The lowest BCUT2D eigenvalue weighted by atomic mass is 10.0. The molecule has 2 N–H and O–H groups in total. The lowest BCUT2D eigenvalue weighted by molar-refractivity contribution is 0.749. The van der Waals surface area contributed by atoms with Gasteiger partial charge in [-0.3, -0.25) is 4.99 Å². The van der Waals surface area contributed by atoms with Crippen molar-refractivity contribution >= 4 is 11.8 Å². The largest absolute Gasteiger partial charge is 0.358 e. The fourth-order valence-corrected chi connectivity index (χ4v) is 2.94. The Labute approximate surface area is 161 Å². The Kier molecular flexibility index (Phi) is 13.4. The van der Waals surface area contributed by atoms with Gasteiger partial charge in [-0.2, -0.15) is 0 Å². The Morgan fingerprint density at radius 2 is 1.96 bits per heavy atom. The normalized spacial score (nSPS) is 16.7. The number of allylic oxidation sites excluding steroid dienone is 2. The number of nitrogens with one attached hydrogen (secondary N) is 2. The summed E-state index contributed by atoms with van der Waals surface area (Å²) in [6, 6.07) is 2.56. The van der Waals surface area contributed by atoms with Crippen LogP contribution in [0.25, 0.3) is 5.57 Å². The molecule has 0 spiro atoms. The molecule has 1 atom stereocenters. The summed E-state index contributed by atoms with van der Waals surface area (Å²) in [6.07, 6.45) is 6.22. The lowest BCUT2D eigenvalue weighted by Gasteiger charge is -2.05. The molecule has 26 heavy (non-hydrogen) atoms. The molecule has 1 saturated heterocycles. The molecule has 1 aromatic heterocycles. The average Bonchev–Trinajstić information content (AvgIpc) is 3.33. The van der Waals surface area contributed by atoms with Crippen LogP contribution in [0, 0.1) is 18.8 Å². The molecule has 2 rings (SSSR count). The van der Waals surface area contributed by atoms with Crippen molar-refractivity contribution in [2.75, 3.05) is 13.6 Å². The van der Waals surface area contributed by atoms with Crippen LogP contribution in [0.3, 0.4) is 0 Å². The van der Waals surface area contributed by atoms with Crippen molar-refractivity contribution in [3.8, 4) is 11.8 Å². The minimum atomic E-state index is 0.329. The number of aromatic nitrogens is 1. The average molecular weight is 358 g/mol. The molecule has 0 aromatic carbocycles. The SMILES string of the molecule is CC.CC.CC/C(=C(/C#CC1CCCN1)C=NC)c1cc(C)c(CC)[nH]1. The number of nitrogens with zero attached hydrogens (tertiary/aromatic N) is 1. The summed E-state index contributed by atoms with van der Waals surface area (Å²) in [7, 11) is 1.81. The smallest absolute Gasteiger partial charge is 0.0693 e. The summed E-state index contributed by atoms with van der Waals surface area (Å²) in [6.45, 7) is 15.6. The molecule has 1 aliphatic heterocycles. The van der Waals surface area contributed by atoms with Gasteiger partial charge in [-0.25, -0.2) is 0 Å². The Balaban J connectivity index is 0.00000146. The van der Waals surface area contributed by atoms with Crippen molar-refractivity contribution in [3.05, 3.63) is 28.6 Å². The molecular weight excluding hydrogens is 318 g/mol. The van der Waals surface area contributed by atoms with Crippen LogP contribution in [-0.4, -0.2) is 30.8 Å². The number of hydrogen-bond donors (Lipinski definition) is 2. The van der Waals surface area contributed by atoms with Crippen LogP contribution in [0.15, 0.2) is 16.6 Å². The van der Waals surface area contributed by atoms with E-state index in [4.69, 9.17) is 0 Å². The van der Waals surface area contributed by atoms with Crippen LogP contribution in [0.5, 0.6) is 0 Å². The first-order chi connectivity index (χ1) is 12.7. The van der Waals surface area contributed by atoms with E-state index in [-0.39, 0.29) is 0 Å². The highest BCUT2D eigenvalue weighted by Crippen LogP contribution is 2.23. The molecular formula is C23H39N3. The number of aliphatic imine (C=N–C) groups is 1. The molecule has 0 aliphatic carbocycles. The highest BCUT2D eigenvalue weighted by atomic mass is 14.9. The molecule has 146 valence electrons. The van der Waals surface area contributed by atoms with Gasteiger partial charge >= 0.3 is 0 Å². The number of H-pyrrole nitrogens is 1. The fraction of sp³-hybridized carbons (Fsp3) is 0.609. The third-order valence-electron chi connectivity index (χ3n) is 4.18. The van der Waals surface area contributed by atoms with Crippen molar-refractivity contribution < 1.29 is 0 Å². The van der Waals surface area contributed by atoms with Crippen LogP contribution >= 0.6 is 0 Å². The minimum Gasteiger partial charge on any atom is -0.358 e. The van der Waals surface area contributed by atoms with E-state index in [2.05, 4.69) is 54.0 Å². The second kappa shape index (κ2) is 14.4. The molecule has 3 nitrogen and oxygen atoms in total. The highest BCUT2D eigenvalue weighted by Gasteiger charge is 2.12. The van der Waals surface area contributed by atoms with Crippen molar-refractivity contribution in [2.24, 2.45) is 4.99 Å². The van der Waals surface area contributed by atoms with Gasteiger partial charge in [0.25, 0.3) is 0 Å². The zero-order chi connectivity index (χ0) is 19.9.